The first-order valence-corrected chi connectivity index (χ1v) is 4.29. The summed E-state index contributed by atoms with van der Waals surface area (Å²) in [5, 5.41) is 7.98. The molecule has 0 radical (unpaired) electrons. The quantitative estimate of drug-likeness (QED) is 0.638. The third-order valence-corrected chi connectivity index (χ3v) is 1.98. The van der Waals surface area contributed by atoms with Crippen molar-refractivity contribution in [3.05, 3.63) is 46.8 Å². The summed E-state index contributed by atoms with van der Waals surface area (Å²) in [5.74, 6) is -2.62. The molecule has 0 aliphatic carbocycles. The van der Waals surface area contributed by atoms with E-state index in [9.17, 15) is 14.0 Å². The van der Waals surface area contributed by atoms with Crippen LogP contribution in [-0.4, -0.2) is 16.9 Å². The molecule has 0 unspecified atom stereocenters. The van der Waals surface area contributed by atoms with E-state index in [1.54, 1.807) is 0 Å². The van der Waals surface area contributed by atoms with Crippen LogP contribution in [0.2, 0.25) is 5.02 Å². The van der Waals surface area contributed by atoms with Crippen LogP contribution in [0.15, 0.2) is 30.4 Å². The second kappa shape index (κ2) is 4.70. The molecule has 1 rings (SSSR count). The number of aliphatic carboxylic acids is 1. The normalized spacial score (nSPS) is 10.5. The summed E-state index contributed by atoms with van der Waals surface area (Å²) in [6.07, 6.45) is 1.49. The van der Waals surface area contributed by atoms with Crippen LogP contribution in [0.4, 0.5) is 4.39 Å². The van der Waals surface area contributed by atoms with Gasteiger partial charge in [-0.3, -0.25) is 4.79 Å². The second-order valence-corrected chi connectivity index (χ2v) is 3.02. The van der Waals surface area contributed by atoms with Gasteiger partial charge < -0.3 is 5.11 Å². The molecule has 0 spiro atoms. The van der Waals surface area contributed by atoms with Gasteiger partial charge in [0.15, 0.2) is 5.78 Å². The van der Waals surface area contributed by atoms with E-state index in [2.05, 4.69) is 0 Å². The van der Waals surface area contributed by atoms with Crippen molar-refractivity contribution in [2.24, 2.45) is 0 Å². The van der Waals surface area contributed by atoms with Crippen LogP contribution in [0.5, 0.6) is 0 Å². The molecule has 0 bridgehead atoms. The van der Waals surface area contributed by atoms with Gasteiger partial charge in [-0.25, -0.2) is 9.18 Å². The van der Waals surface area contributed by atoms with Crippen molar-refractivity contribution in [1.29, 1.82) is 0 Å². The molecule has 3 nitrogen and oxygen atoms in total. The second-order valence-electron chi connectivity index (χ2n) is 2.64. The molecule has 0 saturated heterocycles. The molecule has 0 atom stereocenters. The van der Waals surface area contributed by atoms with Crippen LogP contribution < -0.4 is 0 Å². The number of benzene rings is 1. The highest BCUT2D eigenvalue weighted by Gasteiger charge is 2.10. The van der Waals surface area contributed by atoms with Gasteiger partial charge in [-0.15, -0.1) is 0 Å². The molecule has 15 heavy (non-hydrogen) atoms. The zero-order valence-corrected chi connectivity index (χ0v) is 8.16. The maximum atomic E-state index is 12.9. The Labute approximate surface area is 89.8 Å². The largest absolute Gasteiger partial charge is 0.478 e. The van der Waals surface area contributed by atoms with Gasteiger partial charge in [0.2, 0.25) is 0 Å². The molecule has 5 heteroatoms. The number of rotatable bonds is 3. The van der Waals surface area contributed by atoms with E-state index in [4.69, 9.17) is 16.7 Å². The Hall–Kier alpha value is -1.68. The lowest BCUT2D eigenvalue weighted by Gasteiger charge is -1.99. The summed E-state index contributed by atoms with van der Waals surface area (Å²) in [5.41, 5.74) is -0.0610. The number of carbonyl (C=O) groups is 2. The molecule has 0 heterocycles. The minimum atomic E-state index is -1.25. The van der Waals surface area contributed by atoms with E-state index in [0.29, 0.717) is 6.08 Å². The Morgan fingerprint density at radius 1 is 1.33 bits per heavy atom. The molecule has 0 aliphatic rings. The van der Waals surface area contributed by atoms with E-state index in [1.807, 2.05) is 0 Å². The molecule has 0 amide bonds. The fourth-order valence-electron chi connectivity index (χ4n) is 0.931. The van der Waals surface area contributed by atoms with E-state index >= 15 is 0 Å². The Kier molecular flexibility index (Phi) is 3.57. The van der Waals surface area contributed by atoms with Crippen LogP contribution >= 0.6 is 11.6 Å². The molecule has 0 saturated carbocycles. The summed E-state index contributed by atoms with van der Waals surface area (Å²) < 4.78 is 12.9. The molecule has 78 valence electrons. The minimum absolute atomic E-state index is 0.0610. The lowest BCUT2D eigenvalue weighted by atomic mass is 10.1. The number of carboxylic acid groups (broad SMARTS) is 1. The van der Waals surface area contributed by atoms with Crippen LogP contribution in [0.25, 0.3) is 0 Å². The van der Waals surface area contributed by atoms with Crippen molar-refractivity contribution in [1.82, 2.24) is 0 Å². The zero-order valence-electron chi connectivity index (χ0n) is 7.41. The maximum Gasteiger partial charge on any atom is 0.328 e. The predicted molar refractivity (Wildman–Crippen MR) is 52.5 cm³/mol. The average molecular weight is 229 g/mol. The van der Waals surface area contributed by atoms with Crippen LogP contribution in [0.3, 0.4) is 0 Å². The third kappa shape index (κ3) is 2.89. The van der Waals surface area contributed by atoms with Gasteiger partial charge in [-0.05, 0) is 18.2 Å². The van der Waals surface area contributed by atoms with E-state index < -0.39 is 17.6 Å². The summed E-state index contributed by atoms with van der Waals surface area (Å²) in [4.78, 5) is 21.5. The van der Waals surface area contributed by atoms with Crippen molar-refractivity contribution in [3.63, 3.8) is 0 Å². The summed E-state index contributed by atoms with van der Waals surface area (Å²) in [6, 6.07) is 3.75. The van der Waals surface area contributed by atoms with Gasteiger partial charge >= 0.3 is 5.97 Å². The number of carboxylic acids is 1. The standard InChI is InChI=1S/C10H6ClFO3/c11-10-6(2-1-3-7(10)12)8(13)4-5-9(14)15/h1-5H,(H,14,15)/b5-4+. The summed E-state index contributed by atoms with van der Waals surface area (Å²) in [7, 11) is 0. The van der Waals surface area contributed by atoms with Crippen molar-refractivity contribution in [3.8, 4) is 0 Å². The lowest BCUT2D eigenvalue weighted by Crippen LogP contribution is -1.98. The van der Waals surface area contributed by atoms with Crippen molar-refractivity contribution >= 4 is 23.4 Å². The lowest BCUT2D eigenvalue weighted by molar-refractivity contribution is -0.131. The maximum absolute atomic E-state index is 12.9. The first-order chi connectivity index (χ1) is 7.02. The monoisotopic (exact) mass is 228 g/mol. The van der Waals surface area contributed by atoms with Gasteiger partial charge in [0.05, 0.1) is 5.02 Å². The summed E-state index contributed by atoms with van der Waals surface area (Å²) in [6.45, 7) is 0. The molecule has 0 fully saturated rings. The van der Waals surface area contributed by atoms with Gasteiger partial charge in [-0.1, -0.05) is 17.7 Å². The topological polar surface area (TPSA) is 54.4 Å². The number of hydrogen-bond donors (Lipinski definition) is 1. The Bertz CT molecular complexity index is 440. The molecular weight excluding hydrogens is 223 g/mol. The van der Waals surface area contributed by atoms with Crippen LogP contribution in [-0.2, 0) is 4.79 Å². The number of hydrogen-bond acceptors (Lipinski definition) is 2. The Balaban J connectivity index is 3.02. The van der Waals surface area contributed by atoms with Crippen LogP contribution in [0, 0.1) is 5.82 Å². The van der Waals surface area contributed by atoms with E-state index in [-0.39, 0.29) is 10.6 Å². The van der Waals surface area contributed by atoms with E-state index in [1.165, 1.54) is 12.1 Å². The van der Waals surface area contributed by atoms with Crippen molar-refractivity contribution < 1.29 is 19.1 Å². The Morgan fingerprint density at radius 3 is 2.60 bits per heavy atom. The number of ketones is 1. The fraction of sp³-hybridized carbons (Fsp3) is 0. The number of carbonyl (C=O) groups excluding carboxylic acids is 1. The first kappa shape index (κ1) is 11.4. The zero-order chi connectivity index (χ0) is 11.4. The number of halogens is 2. The SMILES string of the molecule is O=C(O)/C=C/C(=O)c1cccc(F)c1Cl. The fourth-order valence-corrected chi connectivity index (χ4v) is 1.15. The Morgan fingerprint density at radius 2 is 2.00 bits per heavy atom. The smallest absolute Gasteiger partial charge is 0.328 e. The first-order valence-electron chi connectivity index (χ1n) is 3.91. The molecular formula is C10H6ClFO3. The van der Waals surface area contributed by atoms with Gasteiger partial charge in [0, 0.05) is 11.6 Å². The highest BCUT2D eigenvalue weighted by molar-refractivity contribution is 6.34. The molecule has 1 N–H and O–H groups in total. The van der Waals surface area contributed by atoms with Crippen molar-refractivity contribution in [2.75, 3.05) is 0 Å². The molecule has 0 aliphatic heterocycles. The van der Waals surface area contributed by atoms with Crippen LogP contribution in [0.1, 0.15) is 10.4 Å². The average Bonchev–Trinajstić information content (AvgIpc) is 2.18. The van der Waals surface area contributed by atoms with Crippen molar-refractivity contribution in [2.45, 2.75) is 0 Å². The van der Waals surface area contributed by atoms with Gasteiger partial charge in [0.1, 0.15) is 5.82 Å². The third-order valence-electron chi connectivity index (χ3n) is 1.59. The highest BCUT2D eigenvalue weighted by atomic mass is 35.5. The van der Waals surface area contributed by atoms with E-state index in [0.717, 1.165) is 12.1 Å². The van der Waals surface area contributed by atoms with Gasteiger partial charge in [-0.2, -0.15) is 0 Å². The predicted octanol–water partition coefficient (Wildman–Crippen LogP) is 2.30. The molecule has 1 aromatic rings. The number of allylic oxidation sites excluding steroid dienone is 1. The summed E-state index contributed by atoms with van der Waals surface area (Å²) >= 11 is 5.53. The van der Waals surface area contributed by atoms with Gasteiger partial charge in [0.25, 0.3) is 0 Å². The molecule has 1 aromatic carbocycles. The molecule has 0 aromatic heterocycles. The highest BCUT2D eigenvalue weighted by Crippen LogP contribution is 2.20. The minimum Gasteiger partial charge on any atom is -0.478 e.